The maximum atomic E-state index is 13.1. The predicted molar refractivity (Wildman–Crippen MR) is 76.3 cm³/mol. The van der Waals surface area contributed by atoms with Crippen molar-refractivity contribution < 1.29 is 14.2 Å². The van der Waals surface area contributed by atoms with Crippen LogP contribution in [0, 0.1) is 5.82 Å². The Balaban J connectivity index is 2.00. The first-order valence-corrected chi connectivity index (χ1v) is 6.45. The van der Waals surface area contributed by atoms with Gasteiger partial charge < -0.3 is 15.2 Å². The van der Waals surface area contributed by atoms with Gasteiger partial charge in [0.25, 0.3) is 0 Å². The van der Waals surface area contributed by atoms with Crippen molar-refractivity contribution in [2.45, 2.75) is 19.5 Å². The molecule has 2 N–H and O–H groups in total. The first-order valence-electron chi connectivity index (χ1n) is 6.45. The van der Waals surface area contributed by atoms with Crippen molar-refractivity contribution in [3.05, 3.63) is 59.4 Å². The molecule has 3 nitrogen and oxygen atoms in total. The summed E-state index contributed by atoms with van der Waals surface area (Å²) < 4.78 is 18.2. The number of hydrogen-bond acceptors (Lipinski definition) is 3. The minimum Gasteiger partial charge on any atom is -0.508 e. The molecule has 2 rings (SSSR count). The Bertz CT molecular complexity index is 569. The molecule has 2 aromatic rings. The molecular formula is C16H18FNO2. The van der Waals surface area contributed by atoms with E-state index in [9.17, 15) is 9.50 Å². The number of nitrogens with one attached hydrogen (secondary N) is 1. The number of halogens is 1. The Hall–Kier alpha value is -2.07. The first kappa shape index (κ1) is 14.3. The Morgan fingerprint density at radius 1 is 1.20 bits per heavy atom. The first-order chi connectivity index (χ1) is 9.60. The van der Waals surface area contributed by atoms with Gasteiger partial charge in [0.2, 0.25) is 0 Å². The molecular weight excluding hydrogens is 257 g/mol. The standard InChI is InChI=1S/C16H18FNO2/c1-11(12-3-6-15(20-2)7-4-12)18-10-13-9-14(17)5-8-16(13)19/h3-9,11,18-19H,10H2,1-2H3/t11-/m0/s1. The van der Waals surface area contributed by atoms with Gasteiger partial charge in [0, 0.05) is 18.2 Å². The normalized spacial score (nSPS) is 12.2. The minimum absolute atomic E-state index is 0.0866. The number of ether oxygens (including phenoxy) is 1. The van der Waals surface area contributed by atoms with Gasteiger partial charge >= 0.3 is 0 Å². The third-order valence-corrected chi connectivity index (χ3v) is 3.26. The number of benzene rings is 2. The van der Waals surface area contributed by atoms with E-state index in [2.05, 4.69) is 5.32 Å². The second-order valence-corrected chi connectivity index (χ2v) is 4.65. The Labute approximate surface area is 118 Å². The number of rotatable bonds is 5. The molecule has 106 valence electrons. The van der Waals surface area contributed by atoms with E-state index >= 15 is 0 Å². The van der Waals surface area contributed by atoms with Crippen LogP contribution in [0.4, 0.5) is 4.39 Å². The van der Waals surface area contributed by atoms with Gasteiger partial charge in [-0.05, 0) is 42.8 Å². The molecule has 0 fully saturated rings. The topological polar surface area (TPSA) is 41.5 Å². The van der Waals surface area contributed by atoms with E-state index in [1.807, 2.05) is 31.2 Å². The lowest BCUT2D eigenvalue weighted by molar-refractivity contribution is 0.414. The van der Waals surface area contributed by atoms with Gasteiger partial charge in [0.05, 0.1) is 7.11 Å². The Morgan fingerprint density at radius 3 is 2.55 bits per heavy atom. The van der Waals surface area contributed by atoms with Crippen molar-refractivity contribution >= 4 is 0 Å². The summed E-state index contributed by atoms with van der Waals surface area (Å²) in [6.45, 7) is 2.41. The van der Waals surface area contributed by atoms with Crippen molar-refractivity contribution in [3.63, 3.8) is 0 Å². The van der Waals surface area contributed by atoms with Crippen LogP contribution < -0.4 is 10.1 Å². The second-order valence-electron chi connectivity index (χ2n) is 4.65. The van der Waals surface area contributed by atoms with Crippen LogP contribution >= 0.6 is 0 Å². The molecule has 20 heavy (non-hydrogen) atoms. The minimum atomic E-state index is -0.350. The zero-order valence-corrected chi connectivity index (χ0v) is 11.6. The fraction of sp³-hybridized carbons (Fsp3) is 0.250. The average molecular weight is 275 g/mol. The van der Waals surface area contributed by atoms with Crippen LogP contribution in [0.3, 0.4) is 0 Å². The molecule has 0 aromatic heterocycles. The van der Waals surface area contributed by atoms with E-state index in [0.717, 1.165) is 11.3 Å². The molecule has 0 heterocycles. The lowest BCUT2D eigenvalue weighted by Gasteiger charge is -2.15. The summed E-state index contributed by atoms with van der Waals surface area (Å²) in [5.74, 6) is 0.557. The zero-order chi connectivity index (χ0) is 14.5. The van der Waals surface area contributed by atoms with E-state index in [1.165, 1.54) is 18.2 Å². The Kier molecular flexibility index (Phi) is 4.58. The molecule has 0 aliphatic heterocycles. The van der Waals surface area contributed by atoms with Crippen LogP contribution in [0.25, 0.3) is 0 Å². The summed E-state index contributed by atoms with van der Waals surface area (Å²) in [5, 5.41) is 12.9. The molecule has 0 aliphatic rings. The van der Waals surface area contributed by atoms with E-state index in [4.69, 9.17) is 4.74 Å². The third-order valence-electron chi connectivity index (χ3n) is 3.26. The summed E-state index contributed by atoms with van der Waals surface area (Å²) in [6.07, 6.45) is 0. The molecule has 0 aliphatic carbocycles. The van der Waals surface area contributed by atoms with Crippen molar-refractivity contribution in [3.8, 4) is 11.5 Å². The summed E-state index contributed by atoms with van der Waals surface area (Å²) in [6, 6.07) is 11.8. The van der Waals surface area contributed by atoms with Gasteiger partial charge in [-0.15, -0.1) is 0 Å². The highest BCUT2D eigenvalue weighted by Gasteiger charge is 2.08. The van der Waals surface area contributed by atoms with Crippen molar-refractivity contribution in [2.75, 3.05) is 7.11 Å². The van der Waals surface area contributed by atoms with Gasteiger partial charge in [0.1, 0.15) is 17.3 Å². The summed E-state index contributed by atoms with van der Waals surface area (Å²) in [5.41, 5.74) is 1.65. The lowest BCUT2D eigenvalue weighted by atomic mass is 10.1. The molecule has 4 heteroatoms. The zero-order valence-electron chi connectivity index (χ0n) is 11.6. The molecule has 0 saturated heterocycles. The van der Waals surface area contributed by atoms with E-state index in [1.54, 1.807) is 7.11 Å². The summed E-state index contributed by atoms with van der Waals surface area (Å²) >= 11 is 0. The average Bonchev–Trinajstić information content (AvgIpc) is 2.48. The molecule has 0 spiro atoms. The van der Waals surface area contributed by atoms with Crippen LogP contribution in [0.5, 0.6) is 11.5 Å². The summed E-state index contributed by atoms with van der Waals surface area (Å²) in [7, 11) is 1.63. The number of phenols is 1. The smallest absolute Gasteiger partial charge is 0.123 e. The quantitative estimate of drug-likeness (QED) is 0.879. The molecule has 2 aromatic carbocycles. The molecule has 1 atom stereocenters. The van der Waals surface area contributed by atoms with Gasteiger partial charge in [-0.2, -0.15) is 0 Å². The predicted octanol–water partition coefficient (Wildman–Crippen LogP) is 3.39. The highest BCUT2D eigenvalue weighted by atomic mass is 19.1. The molecule has 0 saturated carbocycles. The van der Waals surface area contributed by atoms with Crippen LogP contribution in [-0.2, 0) is 6.54 Å². The van der Waals surface area contributed by atoms with Crippen molar-refractivity contribution in [1.82, 2.24) is 5.32 Å². The van der Waals surface area contributed by atoms with Gasteiger partial charge in [-0.25, -0.2) is 4.39 Å². The van der Waals surface area contributed by atoms with Crippen LogP contribution in [0.15, 0.2) is 42.5 Å². The number of aromatic hydroxyl groups is 1. The van der Waals surface area contributed by atoms with Gasteiger partial charge in [0.15, 0.2) is 0 Å². The van der Waals surface area contributed by atoms with E-state index in [-0.39, 0.29) is 17.6 Å². The SMILES string of the molecule is COc1ccc([C@H](C)NCc2cc(F)ccc2O)cc1. The molecule has 0 unspecified atom stereocenters. The highest BCUT2D eigenvalue weighted by Crippen LogP contribution is 2.21. The van der Waals surface area contributed by atoms with E-state index < -0.39 is 0 Å². The number of methoxy groups -OCH3 is 1. The second kappa shape index (κ2) is 6.39. The fourth-order valence-electron chi connectivity index (χ4n) is 1.97. The third kappa shape index (κ3) is 3.48. The maximum Gasteiger partial charge on any atom is 0.123 e. The highest BCUT2D eigenvalue weighted by molar-refractivity contribution is 5.33. The molecule has 0 amide bonds. The van der Waals surface area contributed by atoms with Crippen LogP contribution in [0.2, 0.25) is 0 Å². The molecule has 0 radical (unpaired) electrons. The van der Waals surface area contributed by atoms with Gasteiger partial charge in [-0.1, -0.05) is 12.1 Å². The van der Waals surface area contributed by atoms with Crippen LogP contribution in [0.1, 0.15) is 24.1 Å². The lowest BCUT2D eigenvalue weighted by Crippen LogP contribution is -2.18. The number of hydrogen-bond donors (Lipinski definition) is 2. The fourth-order valence-corrected chi connectivity index (χ4v) is 1.97. The summed E-state index contributed by atoms with van der Waals surface area (Å²) in [4.78, 5) is 0. The van der Waals surface area contributed by atoms with Crippen molar-refractivity contribution in [1.29, 1.82) is 0 Å². The monoisotopic (exact) mass is 275 g/mol. The largest absolute Gasteiger partial charge is 0.508 e. The van der Waals surface area contributed by atoms with Gasteiger partial charge in [-0.3, -0.25) is 0 Å². The molecule has 0 bridgehead atoms. The Morgan fingerprint density at radius 2 is 1.90 bits per heavy atom. The van der Waals surface area contributed by atoms with Crippen molar-refractivity contribution in [2.24, 2.45) is 0 Å². The van der Waals surface area contributed by atoms with Crippen LogP contribution in [-0.4, -0.2) is 12.2 Å². The maximum absolute atomic E-state index is 13.1. The van der Waals surface area contributed by atoms with E-state index in [0.29, 0.717) is 12.1 Å². The number of phenolic OH excluding ortho intramolecular Hbond substituents is 1.